The maximum absolute atomic E-state index is 12.6. The van der Waals surface area contributed by atoms with Crippen molar-refractivity contribution in [3.05, 3.63) is 59.6 Å². The van der Waals surface area contributed by atoms with Crippen molar-refractivity contribution in [2.24, 2.45) is 5.92 Å². The molecule has 0 spiro atoms. The summed E-state index contributed by atoms with van der Waals surface area (Å²) >= 11 is 1.67. The number of para-hydroxylation sites is 1. The minimum absolute atomic E-state index is 0.0550. The van der Waals surface area contributed by atoms with Gasteiger partial charge in [-0.05, 0) is 30.0 Å². The molecule has 1 aromatic carbocycles. The molecule has 0 fully saturated rings. The van der Waals surface area contributed by atoms with E-state index in [1.165, 1.54) is 0 Å². The van der Waals surface area contributed by atoms with Gasteiger partial charge >= 0.3 is 0 Å². The number of thiophene rings is 1. The minimum Gasteiger partial charge on any atom is -0.341 e. The Morgan fingerprint density at radius 1 is 1.23 bits per heavy atom. The van der Waals surface area contributed by atoms with E-state index < -0.39 is 0 Å². The summed E-state index contributed by atoms with van der Waals surface area (Å²) in [5, 5.41) is 6.86. The van der Waals surface area contributed by atoms with Crippen LogP contribution in [0.5, 0.6) is 0 Å². The fourth-order valence-corrected chi connectivity index (χ4v) is 3.87. The Labute approximate surface area is 159 Å². The quantitative estimate of drug-likeness (QED) is 0.590. The maximum atomic E-state index is 12.6. The van der Waals surface area contributed by atoms with Gasteiger partial charge in [-0.1, -0.05) is 44.5 Å². The molecule has 0 aliphatic heterocycles. The first-order valence-corrected chi connectivity index (χ1v) is 9.91. The fraction of sp³-hybridized carbons (Fsp3) is 0.333. The first kappa shape index (κ1) is 18.4. The van der Waals surface area contributed by atoms with Crippen molar-refractivity contribution in [2.75, 3.05) is 7.05 Å². The zero-order valence-corrected chi connectivity index (χ0v) is 16.4. The largest absolute Gasteiger partial charge is 0.341 e. The average Bonchev–Trinajstić information content (AvgIpc) is 3.31. The number of hydrogen-bond acceptors (Lipinski definition) is 3. The summed E-state index contributed by atoms with van der Waals surface area (Å²) in [6, 6.07) is 14.2. The van der Waals surface area contributed by atoms with Crippen molar-refractivity contribution in [3.8, 4) is 16.3 Å². The lowest BCUT2D eigenvalue weighted by atomic mass is 10.0. The molecule has 1 amide bonds. The number of amides is 1. The Morgan fingerprint density at radius 3 is 2.65 bits per heavy atom. The van der Waals surface area contributed by atoms with Crippen LogP contribution in [0.25, 0.3) is 16.3 Å². The third kappa shape index (κ3) is 4.05. The monoisotopic (exact) mass is 367 g/mol. The van der Waals surface area contributed by atoms with Gasteiger partial charge in [0, 0.05) is 31.3 Å². The summed E-state index contributed by atoms with van der Waals surface area (Å²) in [7, 11) is 1.88. The van der Waals surface area contributed by atoms with E-state index in [4.69, 9.17) is 5.10 Å². The average molecular weight is 368 g/mol. The second-order valence-corrected chi connectivity index (χ2v) is 7.59. The predicted molar refractivity (Wildman–Crippen MR) is 107 cm³/mol. The van der Waals surface area contributed by atoms with E-state index in [0.29, 0.717) is 6.54 Å². The van der Waals surface area contributed by atoms with Crippen molar-refractivity contribution in [3.63, 3.8) is 0 Å². The van der Waals surface area contributed by atoms with Crippen LogP contribution in [0.2, 0.25) is 0 Å². The van der Waals surface area contributed by atoms with Gasteiger partial charge in [-0.25, -0.2) is 4.68 Å². The number of nitrogens with zero attached hydrogens (tertiary/aromatic N) is 3. The summed E-state index contributed by atoms with van der Waals surface area (Å²) in [5.41, 5.74) is 3.03. The van der Waals surface area contributed by atoms with Crippen molar-refractivity contribution in [1.82, 2.24) is 14.7 Å². The molecule has 136 valence electrons. The Hall–Kier alpha value is -2.40. The predicted octanol–water partition coefficient (Wildman–Crippen LogP) is 5.00. The lowest BCUT2D eigenvalue weighted by Crippen LogP contribution is -2.31. The van der Waals surface area contributed by atoms with E-state index in [-0.39, 0.29) is 11.8 Å². The van der Waals surface area contributed by atoms with Crippen molar-refractivity contribution < 1.29 is 4.79 Å². The highest BCUT2D eigenvalue weighted by Crippen LogP contribution is 2.28. The van der Waals surface area contributed by atoms with Gasteiger partial charge in [0.15, 0.2) is 0 Å². The highest BCUT2D eigenvalue weighted by Gasteiger charge is 2.20. The third-order valence-corrected chi connectivity index (χ3v) is 5.37. The molecule has 3 aromatic rings. The topological polar surface area (TPSA) is 38.1 Å². The van der Waals surface area contributed by atoms with E-state index in [9.17, 15) is 4.79 Å². The molecule has 2 heterocycles. The lowest BCUT2D eigenvalue weighted by molar-refractivity contribution is -0.134. The molecule has 1 atom stereocenters. The van der Waals surface area contributed by atoms with Crippen molar-refractivity contribution in [1.29, 1.82) is 0 Å². The SMILES string of the molecule is CCCC(C)C(=O)N(C)Cc1cn(-c2ccccc2)nc1-c1cccs1. The van der Waals surface area contributed by atoms with Crippen molar-refractivity contribution >= 4 is 17.2 Å². The van der Waals surface area contributed by atoms with Gasteiger partial charge < -0.3 is 4.90 Å². The van der Waals surface area contributed by atoms with Gasteiger partial charge in [0.1, 0.15) is 5.69 Å². The molecule has 5 heteroatoms. The molecule has 0 saturated heterocycles. The summed E-state index contributed by atoms with van der Waals surface area (Å²) < 4.78 is 1.90. The van der Waals surface area contributed by atoms with Crippen LogP contribution in [0, 0.1) is 5.92 Å². The van der Waals surface area contributed by atoms with Gasteiger partial charge in [0.05, 0.1) is 10.6 Å². The van der Waals surface area contributed by atoms with Crippen molar-refractivity contribution in [2.45, 2.75) is 33.2 Å². The summed E-state index contributed by atoms with van der Waals surface area (Å²) in [4.78, 5) is 15.6. The third-order valence-electron chi connectivity index (χ3n) is 4.49. The molecule has 0 radical (unpaired) electrons. The van der Waals surface area contributed by atoms with Crippen LogP contribution in [0.1, 0.15) is 32.3 Å². The Balaban J connectivity index is 1.90. The standard InChI is InChI=1S/C21H25N3OS/c1-4-9-16(2)21(25)23(3)14-17-15-24(18-10-6-5-7-11-18)22-20(17)19-12-8-13-26-19/h5-8,10-13,15-16H,4,9,14H2,1-3H3. The second-order valence-electron chi connectivity index (χ2n) is 6.64. The molecular weight excluding hydrogens is 342 g/mol. The molecule has 0 aliphatic rings. The van der Waals surface area contributed by atoms with Gasteiger partial charge in [-0.3, -0.25) is 4.79 Å². The van der Waals surface area contributed by atoms with Gasteiger partial charge in [-0.2, -0.15) is 5.10 Å². The number of aromatic nitrogens is 2. The molecule has 3 rings (SSSR count). The van der Waals surface area contributed by atoms with Gasteiger partial charge in [0.2, 0.25) is 5.91 Å². The first-order valence-electron chi connectivity index (χ1n) is 9.03. The van der Waals surface area contributed by atoms with Crippen LogP contribution in [-0.4, -0.2) is 27.6 Å². The van der Waals surface area contributed by atoms with E-state index in [1.54, 1.807) is 11.3 Å². The number of benzene rings is 1. The van der Waals surface area contributed by atoms with E-state index in [0.717, 1.165) is 34.7 Å². The molecule has 0 N–H and O–H groups in total. The first-order chi connectivity index (χ1) is 12.6. The zero-order chi connectivity index (χ0) is 18.5. The van der Waals surface area contributed by atoms with Gasteiger partial charge in [-0.15, -0.1) is 11.3 Å². The van der Waals surface area contributed by atoms with Crippen LogP contribution < -0.4 is 0 Å². The van der Waals surface area contributed by atoms with Crippen LogP contribution in [0.4, 0.5) is 0 Å². The number of carbonyl (C=O) groups excluding carboxylic acids is 1. The van der Waals surface area contributed by atoms with E-state index in [1.807, 2.05) is 66.1 Å². The van der Waals surface area contributed by atoms with Crippen LogP contribution in [-0.2, 0) is 11.3 Å². The van der Waals surface area contributed by atoms with Gasteiger partial charge in [0.25, 0.3) is 0 Å². The molecule has 4 nitrogen and oxygen atoms in total. The normalized spacial score (nSPS) is 12.1. The number of hydrogen-bond donors (Lipinski definition) is 0. The van der Waals surface area contributed by atoms with Crippen LogP contribution in [0.3, 0.4) is 0 Å². The van der Waals surface area contributed by atoms with Crippen LogP contribution in [0.15, 0.2) is 54.0 Å². The van der Waals surface area contributed by atoms with Crippen LogP contribution >= 0.6 is 11.3 Å². The van der Waals surface area contributed by atoms with E-state index >= 15 is 0 Å². The second kappa shape index (κ2) is 8.32. The lowest BCUT2D eigenvalue weighted by Gasteiger charge is -2.21. The maximum Gasteiger partial charge on any atom is 0.225 e. The Bertz CT molecular complexity index is 840. The molecular formula is C21H25N3OS. The minimum atomic E-state index is 0.0550. The summed E-state index contributed by atoms with van der Waals surface area (Å²) in [5.74, 6) is 0.246. The molecule has 2 aromatic heterocycles. The zero-order valence-electron chi connectivity index (χ0n) is 15.6. The molecule has 26 heavy (non-hydrogen) atoms. The summed E-state index contributed by atoms with van der Waals surface area (Å²) in [6.45, 7) is 4.69. The highest BCUT2D eigenvalue weighted by molar-refractivity contribution is 7.13. The highest BCUT2D eigenvalue weighted by atomic mass is 32.1. The molecule has 0 saturated carbocycles. The van der Waals surface area contributed by atoms with E-state index in [2.05, 4.69) is 18.4 Å². The number of rotatable bonds is 7. The smallest absolute Gasteiger partial charge is 0.225 e. The fourth-order valence-electron chi connectivity index (χ4n) is 3.13. The Morgan fingerprint density at radius 2 is 2.00 bits per heavy atom. The molecule has 0 bridgehead atoms. The Kier molecular flexibility index (Phi) is 5.89. The molecule has 0 aliphatic carbocycles. The molecule has 1 unspecified atom stereocenters. The number of carbonyl (C=O) groups is 1. The summed E-state index contributed by atoms with van der Waals surface area (Å²) in [6.07, 6.45) is 3.98.